The molecule has 1 atom stereocenters. The van der Waals surface area contributed by atoms with E-state index in [0.29, 0.717) is 5.56 Å². The van der Waals surface area contributed by atoms with Crippen molar-refractivity contribution in [1.82, 2.24) is 0 Å². The first-order valence-electron chi connectivity index (χ1n) is 4.06. The van der Waals surface area contributed by atoms with Crippen molar-refractivity contribution in [2.24, 2.45) is 0 Å². The van der Waals surface area contributed by atoms with Gasteiger partial charge >= 0.3 is 14.0 Å². The van der Waals surface area contributed by atoms with Gasteiger partial charge in [0.25, 0.3) is 0 Å². The summed E-state index contributed by atoms with van der Waals surface area (Å²) in [5, 5.41) is 0. The predicted molar refractivity (Wildman–Crippen MR) is 59.7 cm³/mol. The molecule has 0 aliphatic carbocycles. The maximum absolute atomic E-state index is 11.3. The van der Waals surface area contributed by atoms with Crippen LogP contribution < -0.4 is 0 Å². The topological polar surface area (TPSA) is 34.1 Å². The molecule has 1 unspecified atom stereocenters. The van der Waals surface area contributed by atoms with Crippen LogP contribution >= 0.6 is 8.46 Å². The van der Waals surface area contributed by atoms with E-state index in [1.807, 2.05) is 32.9 Å². The van der Waals surface area contributed by atoms with E-state index in [-0.39, 0.29) is 35.1 Å². The van der Waals surface area contributed by atoms with Crippen molar-refractivity contribution in [2.45, 2.75) is 20.8 Å². The Hall–Kier alpha value is -0.0100. The number of hydrogen-bond acceptors (Lipinski definition) is 2. The molecule has 1 radical (unpaired) electrons. The minimum Gasteiger partial charge on any atom is -0.234 e. The summed E-state index contributed by atoms with van der Waals surface area (Å²) < 4.78 is 10.5. The van der Waals surface area contributed by atoms with Crippen LogP contribution in [0.1, 0.15) is 27.0 Å². The van der Waals surface area contributed by atoms with Crippen molar-refractivity contribution in [3.8, 4) is 0 Å². The third-order valence-corrected chi connectivity index (χ3v) is 2.43. The summed E-state index contributed by atoms with van der Waals surface area (Å²) in [5.74, 6) is 0. The molecule has 0 spiro atoms. The van der Waals surface area contributed by atoms with Crippen LogP contribution in [-0.4, -0.2) is 35.1 Å². The third kappa shape index (κ3) is 2.99. The summed E-state index contributed by atoms with van der Waals surface area (Å²) >= 11 is 0. The van der Waals surface area contributed by atoms with Gasteiger partial charge in [0.2, 0.25) is 0 Å². The van der Waals surface area contributed by atoms with Gasteiger partial charge < -0.3 is 0 Å². The average Bonchev–Trinajstić information content (AvgIpc) is 2.02. The van der Waals surface area contributed by atoms with Crippen molar-refractivity contribution < 1.29 is 9.36 Å². The largest absolute Gasteiger partial charge is 0.406 e. The molecule has 2 nitrogen and oxygen atoms in total. The smallest absolute Gasteiger partial charge is 0.234 e. The molecule has 0 amide bonds. The number of carbonyl (C=O) groups is 1. The molecule has 0 saturated carbocycles. The quantitative estimate of drug-likeness (QED) is 0.564. The average molecular weight is 218 g/mol. The van der Waals surface area contributed by atoms with Crippen molar-refractivity contribution in [3.05, 3.63) is 34.4 Å². The van der Waals surface area contributed by atoms with Gasteiger partial charge in [0.15, 0.2) is 0 Å². The Kier molecular flexibility index (Phi) is 5.77. The van der Waals surface area contributed by atoms with Gasteiger partial charge in [-0.05, 0) is 31.9 Å². The standard InChI is InChI=1S/C10H11O2P.Na/c1-6-4-7(2)9(8(3)5-6)10(11)13-12;/h4-5H,1-3H3;/p+1. The fourth-order valence-electron chi connectivity index (χ4n) is 1.59. The zero-order chi connectivity index (χ0) is 10.0. The van der Waals surface area contributed by atoms with E-state index in [0.717, 1.165) is 16.7 Å². The molecular weight excluding hydrogens is 206 g/mol. The molecule has 1 aromatic carbocycles. The molecule has 4 heteroatoms. The molecule has 0 fully saturated rings. The Morgan fingerprint density at radius 3 is 1.93 bits per heavy atom. The molecule has 69 valence electrons. The van der Waals surface area contributed by atoms with Crippen LogP contribution in [0.3, 0.4) is 0 Å². The Bertz CT molecular complexity index is 351. The third-order valence-electron chi connectivity index (χ3n) is 2.00. The van der Waals surface area contributed by atoms with E-state index in [9.17, 15) is 9.36 Å². The fraction of sp³-hybridized carbons (Fsp3) is 0.300. The number of rotatable bonds is 2. The van der Waals surface area contributed by atoms with Gasteiger partial charge in [-0.2, -0.15) is 0 Å². The molecule has 1 aromatic rings. The van der Waals surface area contributed by atoms with E-state index >= 15 is 0 Å². The summed E-state index contributed by atoms with van der Waals surface area (Å²) in [7, 11) is -0.890. The van der Waals surface area contributed by atoms with Gasteiger partial charge in [0, 0.05) is 29.6 Å². The monoisotopic (exact) mass is 218 g/mol. The van der Waals surface area contributed by atoms with Crippen molar-refractivity contribution >= 4 is 43.5 Å². The van der Waals surface area contributed by atoms with Gasteiger partial charge in [0.1, 0.15) is 0 Å². The maximum atomic E-state index is 11.3. The molecule has 0 aromatic heterocycles. The van der Waals surface area contributed by atoms with Crippen molar-refractivity contribution in [3.63, 3.8) is 0 Å². The van der Waals surface area contributed by atoms with E-state index in [4.69, 9.17) is 0 Å². The normalized spacial score (nSPS) is 9.64. The summed E-state index contributed by atoms with van der Waals surface area (Å²) in [6.45, 7) is 5.72. The molecule has 1 rings (SSSR count). The Morgan fingerprint density at radius 2 is 1.57 bits per heavy atom. The van der Waals surface area contributed by atoms with Crippen LogP contribution in [0.5, 0.6) is 0 Å². The fourth-order valence-corrected chi connectivity index (χ4v) is 2.09. The predicted octanol–water partition coefficient (Wildman–Crippen LogP) is 2.40. The zero-order valence-electron chi connectivity index (χ0n) is 8.97. The van der Waals surface area contributed by atoms with Crippen LogP contribution in [0.4, 0.5) is 0 Å². The maximum Gasteiger partial charge on any atom is 0.406 e. The van der Waals surface area contributed by atoms with E-state index < -0.39 is 8.46 Å². The Balaban J connectivity index is 0.00000169. The van der Waals surface area contributed by atoms with Crippen LogP contribution in [-0.2, 0) is 4.57 Å². The summed E-state index contributed by atoms with van der Waals surface area (Å²) in [5.41, 5.74) is 3.27. The minimum absolute atomic E-state index is 0. The van der Waals surface area contributed by atoms with Gasteiger partial charge in [0.05, 0.1) is 5.56 Å². The molecule has 0 bridgehead atoms. The van der Waals surface area contributed by atoms with Crippen LogP contribution in [0.2, 0.25) is 0 Å². The molecule has 0 N–H and O–H groups in total. The van der Waals surface area contributed by atoms with E-state index in [1.54, 1.807) is 0 Å². The summed E-state index contributed by atoms with van der Waals surface area (Å²) in [4.78, 5) is 11.3. The van der Waals surface area contributed by atoms with Crippen LogP contribution in [0.15, 0.2) is 12.1 Å². The molecule has 0 aliphatic rings. The Labute approximate surface area is 108 Å². The molecule has 0 aliphatic heterocycles. The molecule has 0 heterocycles. The van der Waals surface area contributed by atoms with Gasteiger partial charge in [-0.25, -0.2) is 4.79 Å². The van der Waals surface area contributed by atoms with E-state index in [1.165, 1.54) is 0 Å². The number of hydrogen-bond donors (Lipinski definition) is 0. The van der Waals surface area contributed by atoms with Crippen LogP contribution in [0.25, 0.3) is 0 Å². The number of carbonyl (C=O) groups excluding carboxylic acids is 1. The summed E-state index contributed by atoms with van der Waals surface area (Å²) in [6, 6.07) is 3.86. The Morgan fingerprint density at radius 1 is 1.14 bits per heavy atom. The molecule has 0 saturated heterocycles. The van der Waals surface area contributed by atoms with Crippen molar-refractivity contribution in [2.75, 3.05) is 0 Å². The van der Waals surface area contributed by atoms with Crippen LogP contribution in [0, 0.1) is 20.8 Å². The second kappa shape index (κ2) is 5.77. The zero-order valence-corrected chi connectivity index (χ0v) is 12.0. The number of aryl methyl sites for hydroxylation is 3. The minimum atomic E-state index is -0.890. The van der Waals surface area contributed by atoms with Gasteiger partial charge in [-0.1, -0.05) is 22.3 Å². The summed E-state index contributed by atoms with van der Waals surface area (Å²) in [6.07, 6.45) is 0. The first-order valence-corrected chi connectivity index (χ1v) is 4.97. The number of benzene rings is 1. The first-order chi connectivity index (χ1) is 6.06. The van der Waals surface area contributed by atoms with Crippen molar-refractivity contribution in [1.29, 1.82) is 0 Å². The molecular formula is C10H12NaO2P+. The van der Waals surface area contributed by atoms with Gasteiger partial charge in [-0.15, -0.1) is 0 Å². The van der Waals surface area contributed by atoms with Gasteiger partial charge in [-0.3, -0.25) is 0 Å². The SMILES string of the molecule is Cc1cc(C)c(C(=O)[PH+]=O)c(C)c1.[Na]. The second-order valence-electron chi connectivity index (χ2n) is 3.20. The van der Waals surface area contributed by atoms with E-state index in [2.05, 4.69) is 0 Å². The second-order valence-corrected chi connectivity index (χ2v) is 3.86. The first kappa shape index (κ1) is 14.0. The molecule has 14 heavy (non-hydrogen) atoms.